The van der Waals surface area contributed by atoms with Crippen molar-refractivity contribution in [2.45, 2.75) is 31.9 Å². The minimum atomic E-state index is -0.211. The van der Waals surface area contributed by atoms with Crippen LogP contribution >= 0.6 is 11.6 Å². The van der Waals surface area contributed by atoms with E-state index >= 15 is 0 Å². The fourth-order valence-electron chi connectivity index (χ4n) is 2.14. The molecule has 20 heavy (non-hydrogen) atoms. The summed E-state index contributed by atoms with van der Waals surface area (Å²) in [6.45, 7) is 4.83. The zero-order valence-electron chi connectivity index (χ0n) is 11.2. The van der Waals surface area contributed by atoms with Gasteiger partial charge in [0.15, 0.2) is 0 Å². The Morgan fingerprint density at radius 1 is 1.45 bits per heavy atom. The van der Waals surface area contributed by atoms with Gasteiger partial charge in [-0.1, -0.05) is 0 Å². The Bertz CT molecular complexity index is 604. The molecule has 1 fully saturated rings. The van der Waals surface area contributed by atoms with Crippen LogP contribution in [-0.2, 0) is 4.74 Å². The molecule has 2 aromatic rings. The predicted octanol–water partition coefficient (Wildman–Crippen LogP) is 1.69. The standard InChI is InChI=1S/C12H15ClN6O/c1-8-12(2,3-6-20-8)18-10-15-9(13)16-11(17-10)19-5-4-14-7-19/h4-5,7-8H,3,6H2,1-2H3,(H,15,16,17,18). The Morgan fingerprint density at radius 3 is 2.95 bits per heavy atom. The summed E-state index contributed by atoms with van der Waals surface area (Å²) in [5, 5.41) is 3.44. The van der Waals surface area contributed by atoms with Gasteiger partial charge < -0.3 is 10.1 Å². The Balaban J connectivity index is 1.90. The zero-order chi connectivity index (χ0) is 14.2. The van der Waals surface area contributed by atoms with Crippen molar-refractivity contribution < 1.29 is 4.74 Å². The first-order valence-corrected chi connectivity index (χ1v) is 6.74. The Hall–Kier alpha value is -1.73. The van der Waals surface area contributed by atoms with Crippen LogP contribution in [0.5, 0.6) is 0 Å². The van der Waals surface area contributed by atoms with Crippen LogP contribution in [0.25, 0.3) is 5.95 Å². The van der Waals surface area contributed by atoms with Crippen molar-refractivity contribution in [1.29, 1.82) is 0 Å². The monoisotopic (exact) mass is 294 g/mol. The number of ether oxygens (including phenoxy) is 1. The maximum absolute atomic E-state index is 5.97. The van der Waals surface area contributed by atoms with Crippen molar-refractivity contribution in [1.82, 2.24) is 24.5 Å². The van der Waals surface area contributed by atoms with Crippen LogP contribution in [0.4, 0.5) is 5.95 Å². The van der Waals surface area contributed by atoms with E-state index in [2.05, 4.69) is 32.2 Å². The minimum absolute atomic E-state index is 0.0785. The molecule has 106 valence electrons. The van der Waals surface area contributed by atoms with Gasteiger partial charge in [0.2, 0.25) is 17.2 Å². The third-order valence-electron chi connectivity index (χ3n) is 3.62. The number of anilines is 1. The lowest BCUT2D eigenvalue weighted by atomic mass is 9.95. The third kappa shape index (κ3) is 2.46. The van der Waals surface area contributed by atoms with Crippen LogP contribution in [0, 0.1) is 0 Å². The van der Waals surface area contributed by atoms with E-state index in [9.17, 15) is 0 Å². The van der Waals surface area contributed by atoms with E-state index in [1.807, 2.05) is 6.92 Å². The van der Waals surface area contributed by atoms with Crippen LogP contribution in [-0.4, -0.2) is 42.8 Å². The van der Waals surface area contributed by atoms with Gasteiger partial charge >= 0.3 is 0 Å². The first kappa shape index (κ1) is 13.3. The molecule has 1 aliphatic rings. The zero-order valence-corrected chi connectivity index (χ0v) is 12.0. The molecule has 0 aromatic carbocycles. The van der Waals surface area contributed by atoms with Crippen LogP contribution in [0.15, 0.2) is 18.7 Å². The lowest BCUT2D eigenvalue weighted by Gasteiger charge is -2.28. The minimum Gasteiger partial charge on any atom is -0.376 e. The highest BCUT2D eigenvalue weighted by atomic mass is 35.5. The first-order valence-electron chi connectivity index (χ1n) is 6.36. The van der Waals surface area contributed by atoms with Gasteiger partial charge in [0.25, 0.3) is 0 Å². The molecule has 1 aliphatic heterocycles. The van der Waals surface area contributed by atoms with Gasteiger partial charge in [-0.2, -0.15) is 15.0 Å². The van der Waals surface area contributed by atoms with Crippen molar-refractivity contribution in [2.75, 3.05) is 11.9 Å². The highest BCUT2D eigenvalue weighted by Crippen LogP contribution is 2.28. The SMILES string of the molecule is CC1OCCC1(C)Nc1nc(Cl)nc(-n2ccnc2)n1. The Labute approximate surface area is 121 Å². The van der Waals surface area contributed by atoms with Gasteiger partial charge in [-0.15, -0.1) is 0 Å². The van der Waals surface area contributed by atoms with Crippen molar-refractivity contribution in [3.05, 3.63) is 24.0 Å². The second-order valence-electron chi connectivity index (χ2n) is 5.00. The topological polar surface area (TPSA) is 77.8 Å². The molecular formula is C12H15ClN6O. The molecule has 1 saturated heterocycles. The summed E-state index contributed by atoms with van der Waals surface area (Å²) in [6.07, 6.45) is 5.98. The maximum atomic E-state index is 5.97. The number of imidazole rings is 1. The molecule has 3 rings (SSSR count). The normalized spacial score (nSPS) is 25.9. The molecule has 0 radical (unpaired) electrons. The number of nitrogens with one attached hydrogen (secondary N) is 1. The van der Waals surface area contributed by atoms with Gasteiger partial charge in [-0.25, -0.2) is 4.98 Å². The summed E-state index contributed by atoms with van der Waals surface area (Å²) in [4.78, 5) is 16.6. The summed E-state index contributed by atoms with van der Waals surface area (Å²) in [5.41, 5.74) is -0.211. The Morgan fingerprint density at radius 2 is 2.30 bits per heavy atom. The Kier molecular flexibility index (Phi) is 3.31. The van der Waals surface area contributed by atoms with E-state index in [0.717, 1.165) is 13.0 Å². The molecular weight excluding hydrogens is 280 g/mol. The van der Waals surface area contributed by atoms with E-state index < -0.39 is 0 Å². The molecule has 3 heterocycles. The number of hydrogen-bond acceptors (Lipinski definition) is 6. The van der Waals surface area contributed by atoms with Crippen LogP contribution in [0.3, 0.4) is 0 Å². The van der Waals surface area contributed by atoms with E-state index in [0.29, 0.717) is 11.9 Å². The van der Waals surface area contributed by atoms with Gasteiger partial charge in [-0.3, -0.25) is 4.57 Å². The second-order valence-corrected chi connectivity index (χ2v) is 5.34. The lowest BCUT2D eigenvalue weighted by molar-refractivity contribution is 0.105. The molecule has 0 amide bonds. The van der Waals surface area contributed by atoms with Crippen molar-refractivity contribution >= 4 is 17.5 Å². The van der Waals surface area contributed by atoms with Gasteiger partial charge in [-0.05, 0) is 31.9 Å². The lowest BCUT2D eigenvalue weighted by Crippen LogP contribution is -2.41. The number of halogens is 1. The fourth-order valence-corrected chi connectivity index (χ4v) is 2.30. The van der Waals surface area contributed by atoms with Crippen molar-refractivity contribution in [3.63, 3.8) is 0 Å². The molecule has 2 atom stereocenters. The molecule has 8 heteroatoms. The van der Waals surface area contributed by atoms with Crippen molar-refractivity contribution in [2.24, 2.45) is 0 Å². The van der Waals surface area contributed by atoms with Crippen LogP contribution < -0.4 is 5.32 Å². The molecule has 0 spiro atoms. The average Bonchev–Trinajstić information content (AvgIpc) is 3.00. The number of hydrogen-bond donors (Lipinski definition) is 1. The molecule has 0 aliphatic carbocycles. The van der Waals surface area contributed by atoms with Crippen LogP contribution in [0.2, 0.25) is 5.28 Å². The number of aromatic nitrogens is 5. The van der Waals surface area contributed by atoms with Gasteiger partial charge in [0.1, 0.15) is 6.33 Å². The van der Waals surface area contributed by atoms with E-state index in [4.69, 9.17) is 16.3 Å². The van der Waals surface area contributed by atoms with Gasteiger partial charge in [0, 0.05) is 19.0 Å². The predicted molar refractivity (Wildman–Crippen MR) is 74.0 cm³/mol. The molecule has 1 N–H and O–H groups in total. The number of nitrogens with zero attached hydrogens (tertiary/aromatic N) is 5. The molecule has 2 unspecified atom stereocenters. The smallest absolute Gasteiger partial charge is 0.241 e. The molecule has 7 nitrogen and oxygen atoms in total. The summed E-state index contributed by atoms with van der Waals surface area (Å²) in [6, 6.07) is 0. The molecule has 0 saturated carbocycles. The summed E-state index contributed by atoms with van der Waals surface area (Å²) in [7, 11) is 0. The van der Waals surface area contributed by atoms with Gasteiger partial charge in [0.05, 0.1) is 11.6 Å². The summed E-state index contributed by atoms with van der Waals surface area (Å²) >= 11 is 5.97. The number of rotatable bonds is 3. The van der Waals surface area contributed by atoms with Crippen molar-refractivity contribution in [3.8, 4) is 5.95 Å². The highest BCUT2D eigenvalue weighted by Gasteiger charge is 2.37. The largest absolute Gasteiger partial charge is 0.376 e. The summed E-state index contributed by atoms with van der Waals surface area (Å²) < 4.78 is 7.27. The summed E-state index contributed by atoms with van der Waals surface area (Å²) in [5.74, 6) is 0.869. The van der Waals surface area contributed by atoms with E-state index in [1.54, 1.807) is 23.3 Å². The quantitative estimate of drug-likeness (QED) is 0.928. The molecule has 2 aromatic heterocycles. The molecule has 0 bridgehead atoms. The second kappa shape index (κ2) is 4.99. The highest BCUT2D eigenvalue weighted by molar-refractivity contribution is 6.28. The average molecular weight is 295 g/mol. The first-order chi connectivity index (χ1) is 9.57. The third-order valence-corrected chi connectivity index (χ3v) is 3.78. The van der Waals surface area contributed by atoms with E-state index in [-0.39, 0.29) is 16.9 Å². The maximum Gasteiger partial charge on any atom is 0.241 e. The van der Waals surface area contributed by atoms with E-state index in [1.165, 1.54) is 0 Å². The van der Waals surface area contributed by atoms with Crippen LogP contribution in [0.1, 0.15) is 20.3 Å². The fraction of sp³-hybridized carbons (Fsp3) is 0.500.